The minimum atomic E-state index is -4.69. The van der Waals surface area contributed by atoms with Crippen molar-refractivity contribution in [1.82, 2.24) is 0 Å². The van der Waals surface area contributed by atoms with Crippen LogP contribution in [-0.4, -0.2) is 19.4 Å². The lowest BCUT2D eigenvalue weighted by Gasteiger charge is -2.13. The fourth-order valence-electron chi connectivity index (χ4n) is 2.69. The molecule has 3 rings (SSSR count). The fraction of sp³-hybridized carbons (Fsp3) is 0.200. The highest BCUT2D eigenvalue weighted by atomic mass is 19.4. The third-order valence-corrected chi connectivity index (χ3v) is 3.87. The Balaban J connectivity index is 1.96. The van der Waals surface area contributed by atoms with Crippen molar-refractivity contribution < 1.29 is 31.4 Å². The molecule has 0 atom stereocenters. The molecule has 0 saturated carbocycles. The van der Waals surface area contributed by atoms with E-state index in [4.69, 9.17) is 4.74 Å². The maximum absolute atomic E-state index is 14.4. The van der Waals surface area contributed by atoms with Crippen LogP contribution in [0.1, 0.15) is 6.92 Å². The molecule has 142 valence electrons. The minimum absolute atomic E-state index is 0.0248. The summed E-state index contributed by atoms with van der Waals surface area (Å²) in [5.41, 5.74) is 1.51. The highest BCUT2D eigenvalue weighted by molar-refractivity contribution is 5.89. The Morgan fingerprint density at radius 1 is 0.852 bits per heavy atom. The van der Waals surface area contributed by atoms with Crippen molar-refractivity contribution in [3.8, 4) is 22.6 Å². The van der Waals surface area contributed by atoms with Crippen LogP contribution in [0.25, 0.3) is 21.9 Å². The van der Waals surface area contributed by atoms with Crippen LogP contribution in [0.4, 0.5) is 22.0 Å². The first-order chi connectivity index (χ1) is 12.8. The molecule has 0 unspecified atom stereocenters. The second-order valence-electron chi connectivity index (χ2n) is 5.80. The summed E-state index contributed by atoms with van der Waals surface area (Å²) < 4.78 is 74.9. The van der Waals surface area contributed by atoms with Gasteiger partial charge < -0.3 is 9.47 Å². The van der Waals surface area contributed by atoms with E-state index >= 15 is 0 Å². The number of fused-ring (bicyclic) bond motifs is 1. The van der Waals surface area contributed by atoms with Crippen LogP contribution in [0.3, 0.4) is 0 Å². The highest BCUT2D eigenvalue weighted by Crippen LogP contribution is 2.33. The van der Waals surface area contributed by atoms with Crippen molar-refractivity contribution in [2.75, 3.05) is 13.2 Å². The number of ether oxygens (including phenoxy) is 2. The van der Waals surface area contributed by atoms with Crippen LogP contribution < -0.4 is 9.47 Å². The third-order valence-electron chi connectivity index (χ3n) is 3.87. The molecule has 0 saturated heterocycles. The minimum Gasteiger partial charge on any atom is -0.494 e. The van der Waals surface area contributed by atoms with Crippen LogP contribution in [0, 0.1) is 11.6 Å². The van der Waals surface area contributed by atoms with Gasteiger partial charge in [0.15, 0.2) is 24.0 Å². The maximum atomic E-state index is 14.4. The van der Waals surface area contributed by atoms with Gasteiger partial charge in [0.05, 0.1) is 6.61 Å². The van der Waals surface area contributed by atoms with E-state index in [0.29, 0.717) is 17.9 Å². The van der Waals surface area contributed by atoms with Gasteiger partial charge in [0.1, 0.15) is 5.75 Å². The molecule has 0 aliphatic carbocycles. The molecule has 3 aromatic carbocycles. The van der Waals surface area contributed by atoms with Crippen LogP contribution in [0.2, 0.25) is 0 Å². The predicted octanol–water partition coefficient (Wildman–Crippen LogP) is 6.12. The molecule has 0 aromatic heterocycles. The first-order valence-electron chi connectivity index (χ1n) is 8.13. The standard InChI is InChI=1S/C20H15F5O2/c1-2-26-15-6-3-12(4-7-15)13-5-8-16-14(9-13)10-17(21)19(18(16)22)27-11-20(23,24)25/h3-10H,2,11H2,1H3. The predicted molar refractivity (Wildman–Crippen MR) is 92.0 cm³/mol. The summed E-state index contributed by atoms with van der Waals surface area (Å²) in [5, 5.41) is 0.194. The number of rotatable bonds is 5. The number of hydrogen-bond acceptors (Lipinski definition) is 2. The molecule has 0 fully saturated rings. The van der Waals surface area contributed by atoms with Gasteiger partial charge in [0, 0.05) is 5.39 Å². The van der Waals surface area contributed by atoms with Gasteiger partial charge in [-0.1, -0.05) is 24.3 Å². The van der Waals surface area contributed by atoms with Crippen LogP contribution in [-0.2, 0) is 0 Å². The average molecular weight is 382 g/mol. The summed E-state index contributed by atoms with van der Waals surface area (Å²) in [7, 11) is 0. The molecule has 0 spiro atoms. The lowest BCUT2D eigenvalue weighted by Crippen LogP contribution is -2.20. The molecule has 3 aromatic rings. The van der Waals surface area contributed by atoms with Crippen molar-refractivity contribution in [1.29, 1.82) is 0 Å². The zero-order chi connectivity index (χ0) is 19.6. The molecule has 0 N–H and O–H groups in total. The van der Waals surface area contributed by atoms with Crippen molar-refractivity contribution in [2.45, 2.75) is 13.1 Å². The molecule has 2 nitrogen and oxygen atoms in total. The van der Waals surface area contributed by atoms with Gasteiger partial charge in [-0.3, -0.25) is 0 Å². The summed E-state index contributed by atoms with van der Waals surface area (Å²) in [5.74, 6) is -2.68. The topological polar surface area (TPSA) is 18.5 Å². The molecule has 27 heavy (non-hydrogen) atoms. The molecular formula is C20H15F5O2. The Hall–Kier alpha value is -2.83. The van der Waals surface area contributed by atoms with Crippen molar-refractivity contribution in [2.24, 2.45) is 0 Å². The summed E-state index contributed by atoms with van der Waals surface area (Å²) in [6, 6.07) is 12.7. The van der Waals surface area contributed by atoms with Crippen LogP contribution in [0.5, 0.6) is 11.5 Å². The van der Waals surface area contributed by atoms with Crippen molar-refractivity contribution >= 4 is 10.8 Å². The SMILES string of the molecule is CCOc1ccc(-c2ccc3c(F)c(OCC(F)(F)F)c(F)cc3c2)cc1. The van der Waals surface area contributed by atoms with E-state index in [-0.39, 0.29) is 10.8 Å². The summed E-state index contributed by atoms with van der Waals surface area (Å²) >= 11 is 0. The third kappa shape index (κ3) is 4.30. The summed E-state index contributed by atoms with van der Waals surface area (Å²) in [6.45, 7) is 0.635. The molecule has 0 radical (unpaired) electrons. The normalized spacial score (nSPS) is 11.6. The second-order valence-corrected chi connectivity index (χ2v) is 5.80. The molecule has 7 heteroatoms. The molecule has 0 heterocycles. The molecule has 0 aliphatic rings. The monoisotopic (exact) mass is 382 g/mol. The Morgan fingerprint density at radius 2 is 1.52 bits per heavy atom. The molecular weight excluding hydrogens is 367 g/mol. The smallest absolute Gasteiger partial charge is 0.422 e. The van der Waals surface area contributed by atoms with Gasteiger partial charge in [-0.15, -0.1) is 0 Å². The number of hydrogen-bond donors (Lipinski definition) is 0. The number of alkyl halides is 3. The zero-order valence-electron chi connectivity index (χ0n) is 14.2. The number of halogens is 5. The molecule has 0 amide bonds. The fourth-order valence-corrected chi connectivity index (χ4v) is 2.69. The number of benzene rings is 3. The van der Waals surface area contributed by atoms with Gasteiger partial charge >= 0.3 is 6.18 Å². The molecule has 0 bridgehead atoms. The van der Waals surface area contributed by atoms with Gasteiger partial charge in [-0.05, 0) is 47.7 Å². The lowest BCUT2D eigenvalue weighted by molar-refractivity contribution is -0.154. The van der Waals surface area contributed by atoms with E-state index in [1.54, 1.807) is 36.4 Å². The van der Waals surface area contributed by atoms with E-state index in [2.05, 4.69) is 4.74 Å². The lowest BCUT2D eigenvalue weighted by atomic mass is 10.0. The van der Waals surface area contributed by atoms with Crippen molar-refractivity contribution in [3.63, 3.8) is 0 Å². The first-order valence-corrected chi connectivity index (χ1v) is 8.13. The highest BCUT2D eigenvalue weighted by Gasteiger charge is 2.30. The van der Waals surface area contributed by atoms with E-state index in [1.807, 2.05) is 6.92 Å². The average Bonchev–Trinajstić information content (AvgIpc) is 2.61. The van der Waals surface area contributed by atoms with E-state index < -0.39 is 30.2 Å². The van der Waals surface area contributed by atoms with E-state index in [0.717, 1.165) is 11.6 Å². The quantitative estimate of drug-likeness (QED) is 0.495. The van der Waals surface area contributed by atoms with Crippen molar-refractivity contribution in [3.05, 3.63) is 60.2 Å². The summed E-state index contributed by atoms with van der Waals surface area (Å²) in [6.07, 6.45) is -4.69. The zero-order valence-corrected chi connectivity index (χ0v) is 14.2. The van der Waals surface area contributed by atoms with Crippen LogP contribution in [0.15, 0.2) is 48.5 Å². The second kappa shape index (κ2) is 7.42. The van der Waals surface area contributed by atoms with E-state index in [9.17, 15) is 22.0 Å². The largest absolute Gasteiger partial charge is 0.494 e. The Bertz CT molecular complexity index is 949. The van der Waals surface area contributed by atoms with E-state index in [1.165, 1.54) is 6.07 Å². The first kappa shape index (κ1) is 18.9. The summed E-state index contributed by atoms with van der Waals surface area (Å²) in [4.78, 5) is 0. The molecule has 0 aliphatic heterocycles. The van der Waals surface area contributed by atoms with Gasteiger partial charge in [-0.25, -0.2) is 8.78 Å². The van der Waals surface area contributed by atoms with Gasteiger partial charge in [0.25, 0.3) is 0 Å². The van der Waals surface area contributed by atoms with Gasteiger partial charge in [-0.2, -0.15) is 13.2 Å². The Kier molecular flexibility index (Phi) is 5.21. The van der Waals surface area contributed by atoms with Gasteiger partial charge in [0.2, 0.25) is 0 Å². The Morgan fingerprint density at radius 3 is 2.15 bits per heavy atom. The van der Waals surface area contributed by atoms with Crippen LogP contribution >= 0.6 is 0 Å². The maximum Gasteiger partial charge on any atom is 0.422 e. The Labute approximate surface area is 152 Å².